The Bertz CT molecular complexity index is 1940. The van der Waals surface area contributed by atoms with Gasteiger partial charge in [0.1, 0.15) is 0 Å². The van der Waals surface area contributed by atoms with Crippen LogP contribution in [0.25, 0.3) is 22.5 Å². The van der Waals surface area contributed by atoms with E-state index in [9.17, 15) is 26.4 Å². The Balaban J connectivity index is 1.36. The number of aryl methyl sites for hydroxylation is 1. The molecule has 1 aromatic heterocycles. The Morgan fingerprint density at radius 3 is 1.98 bits per heavy atom. The largest absolute Gasteiger partial charge is 0.438 e. The highest BCUT2D eigenvalue weighted by Gasteiger charge is 2.52. The van der Waals surface area contributed by atoms with Crippen LogP contribution >= 0.6 is 0 Å². The number of carbonyl (C=O) groups excluding carboxylic acids is 2. The van der Waals surface area contributed by atoms with Gasteiger partial charge in [-0.3, -0.25) is 9.52 Å². The fraction of sp³-hybridized carbons (Fsp3) is 0.281. The molecule has 0 unspecified atom stereocenters. The first-order valence-electron chi connectivity index (χ1n) is 14.2. The van der Waals surface area contributed by atoms with Crippen LogP contribution < -0.4 is 9.44 Å². The predicted molar refractivity (Wildman–Crippen MR) is 169 cm³/mol. The number of hydrogen-bond donors (Lipinski definition) is 2. The molecule has 2 amide bonds. The van der Waals surface area contributed by atoms with E-state index in [2.05, 4.69) is 9.88 Å². The smallest absolute Gasteiger partial charge is 0.421 e. The molecule has 0 bridgehead atoms. The van der Waals surface area contributed by atoms with Crippen LogP contribution in [0.1, 0.15) is 41.3 Å². The summed E-state index contributed by atoms with van der Waals surface area (Å²) in [6.45, 7) is 1.81. The quantitative estimate of drug-likeness (QED) is 0.221. The molecular weight excluding hydrogens is 634 g/mol. The highest BCUT2D eigenvalue weighted by Crippen LogP contribution is 2.49. The number of hydrogen-bond acceptors (Lipinski definition) is 10. The highest BCUT2D eigenvalue weighted by molar-refractivity contribution is 7.89. The SMILES string of the molecule is Cc1noc(-c2ccc(-c3ccc(C4(C(=O)NS(C)(=O)=O)CC4)cc3)cc2)c1[C@@H](COCc1ccccc1)OC(=O)NS(C)(=O)=O. The minimum absolute atomic E-state index is 0.102. The number of ether oxygens (including phenoxy) is 2. The van der Waals surface area contributed by atoms with Gasteiger partial charge in [-0.15, -0.1) is 0 Å². The van der Waals surface area contributed by atoms with E-state index in [4.69, 9.17) is 14.0 Å². The Kier molecular flexibility index (Phi) is 9.33. The minimum Gasteiger partial charge on any atom is -0.438 e. The van der Waals surface area contributed by atoms with Gasteiger partial charge in [-0.1, -0.05) is 84.0 Å². The van der Waals surface area contributed by atoms with E-state index < -0.39 is 43.6 Å². The van der Waals surface area contributed by atoms with Crippen molar-refractivity contribution in [3.8, 4) is 22.5 Å². The van der Waals surface area contributed by atoms with Gasteiger partial charge in [-0.05, 0) is 42.0 Å². The van der Waals surface area contributed by atoms with Crippen molar-refractivity contribution in [1.82, 2.24) is 14.6 Å². The molecule has 1 heterocycles. The first kappa shape index (κ1) is 32.9. The second-order valence-corrected chi connectivity index (χ2v) is 14.7. The first-order valence-corrected chi connectivity index (χ1v) is 18.0. The zero-order valence-corrected chi connectivity index (χ0v) is 27.0. The molecule has 242 valence electrons. The van der Waals surface area contributed by atoms with Crippen LogP contribution in [0.5, 0.6) is 0 Å². The normalized spacial score (nSPS) is 14.7. The Labute approximate surface area is 267 Å². The average Bonchev–Trinajstić information content (AvgIpc) is 3.72. The summed E-state index contributed by atoms with van der Waals surface area (Å²) in [6, 6.07) is 24.2. The molecule has 1 atom stereocenters. The zero-order valence-electron chi connectivity index (χ0n) is 25.3. The van der Waals surface area contributed by atoms with E-state index in [0.717, 1.165) is 34.8 Å². The lowest BCUT2D eigenvalue weighted by molar-refractivity contribution is -0.121. The van der Waals surface area contributed by atoms with Gasteiger partial charge in [0.25, 0.3) is 0 Å². The monoisotopic (exact) mass is 667 g/mol. The van der Waals surface area contributed by atoms with E-state index in [0.29, 0.717) is 35.4 Å². The minimum atomic E-state index is -3.87. The molecule has 5 rings (SSSR count). The van der Waals surface area contributed by atoms with E-state index in [-0.39, 0.29) is 13.2 Å². The van der Waals surface area contributed by atoms with Crippen molar-refractivity contribution < 1.29 is 40.4 Å². The molecule has 1 fully saturated rings. The van der Waals surface area contributed by atoms with E-state index in [1.54, 1.807) is 6.92 Å². The summed E-state index contributed by atoms with van der Waals surface area (Å²) in [7, 11) is -7.53. The Morgan fingerprint density at radius 1 is 0.848 bits per heavy atom. The second kappa shape index (κ2) is 13.1. The number of aromatic nitrogens is 1. The molecule has 12 nitrogen and oxygen atoms in total. The fourth-order valence-electron chi connectivity index (χ4n) is 5.14. The molecule has 0 spiro atoms. The molecule has 0 radical (unpaired) electrons. The van der Waals surface area contributed by atoms with Crippen molar-refractivity contribution in [1.29, 1.82) is 0 Å². The summed E-state index contributed by atoms with van der Waals surface area (Å²) in [6.07, 6.45) is 0.731. The van der Waals surface area contributed by atoms with Gasteiger partial charge in [-0.2, -0.15) is 0 Å². The lowest BCUT2D eigenvalue weighted by atomic mass is 9.93. The van der Waals surface area contributed by atoms with Crippen molar-refractivity contribution in [2.45, 2.75) is 37.9 Å². The third-order valence-corrected chi connectivity index (χ3v) is 8.60. The number of sulfonamides is 2. The van der Waals surface area contributed by atoms with Crippen LogP contribution in [0.3, 0.4) is 0 Å². The summed E-state index contributed by atoms with van der Waals surface area (Å²) < 4.78 is 67.4. The maximum absolute atomic E-state index is 12.6. The van der Waals surface area contributed by atoms with Crippen LogP contribution in [0.4, 0.5) is 4.79 Å². The number of benzene rings is 3. The first-order chi connectivity index (χ1) is 21.7. The van der Waals surface area contributed by atoms with E-state index in [1.165, 1.54) is 0 Å². The maximum atomic E-state index is 12.6. The van der Waals surface area contributed by atoms with Gasteiger partial charge >= 0.3 is 6.09 Å². The van der Waals surface area contributed by atoms with Crippen LogP contribution in [0.15, 0.2) is 83.4 Å². The molecule has 1 aliphatic carbocycles. The van der Waals surface area contributed by atoms with Gasteiger partial charge in [0.15, 0.2) is 11.9 Å². The van der Waals surface area contributed by atoms with Crippen LogP contribution in [0.2, 0.25) is 0 Å². The number of amides is 2. The standard InChI is InChI=1S/C32H33N3O9S2/c1-21-28(27(43-31(37)35-46(3,40)41)20-42-19-22-7-5-4-6-8-22)29(44-33-21)25-11-9-23(10-12-25)24-13-15-26(16-14-24)32(17-18-32)30(36)34-45(2,38)39/h4-16,27H,17-20H2,1-3H3,(H,34,36)(H,35,37)/t27-/m1/s1. The second-order valence-electron chi connectivity index (χ2n) is 11.2. The van der Waals surface area contributed by atoms with Crippen molar-refractivity contribution in [2.24, 2.45) is 0 Å². The molecular formula is C32H33N3O9S2. The molecule has 46 heavy (non-hydrogen) atoms. The van der Waals surface area contributed by atoms with Crippen LogP contribution in [-0.2, 0) is 46.3 Å². The molecule has 1 saturated carbocycles. The molecule has 3 aromatic carbocycles. The maximum Gasteiger partial charge on any atom is 0.421 e. The molecule has 4 aromatic rings. The summed E-state index contributed by atoms with van der Waals surface area (Å²) >= 11 is 0. The fourth-order valence-corrected chi connectivity index (χ4v) is 6.02. The molecule has 14 heteroatoms. The summed E-state index contributed by atoms with van der Waals surface area (Å²) in [5.74, 6) is -0.195. The number of nitrogens with one attached hydrogen (secondary N) is 2. The van der Waals surface area contributed by atoms with E-state index in [1.807, 2.05) is 83.6 Å². The number of nitrogens with zero attached hydrogens (tertiary/aromatic N) is 1. The van der Waals surface area contributed by atoms with E-state index >= 15 is 0 Å². The summed E-state index contributed by atoms with van der Waals surface area (Å²) in [5, 5.41) is 4.09. The van der Waals surface area contributed by atoms with Gasteiger partial charge < -0.3 is 14.0 Å². The van der Waals surface area contributed by atoms with Crippen molar-refractivity contribution in [3.63, 3.8) is 0 Å². The van der Waals surface area contributed by atoms with Crippen molar-refractivity contribution in [3.05, 3.63) is 101 Å². The zero-order chi connectivity index (χ0) is 33.1. The summed E-state index contributed by atoms with van der Waals surface area (Å²) in [4.78, 5) is 25.1. The number of rotatable bonds is 12. The average molecular weight is 668 g/mol. The molecule has 0 aliphatic heterocycles. The Hall–Kier alpha value is -4.53. The highest BCUT2D eigenvalue weighted by atomic mass is 32.2. The third-order valence-electron chi connectivity index (χ3n) is 7.51. The number of carbonyl (C=O) groups is 2. The Morgan fingerprint density at radius 2 is 1.41 bits per heavy atom. The third kappa shape index (κ3) is 8.00. The van der Waals surface area contributed by atoms with Crippen LogP contribution in [0, 0.1) is 6.92 Å². The van der Waals surface area contributed by atoms with Crippen LogP contribution in [-0.4, -0.2) is 53.1 Å². The topological polar surface area (TPSA) is 171 Å². The summed E-state index contributed by atoms with van der Waals surface area (Å²) in [5.41, 5.74) is 4.04. The van der Waals surface area contributed by atoms with Gasteiger partial charge in [0, 0.05) is 5.56 Å². The predicted octanol–water partition coefficient (Wildman–Crippen LogP) is 4.37. The van der Waals surface area contributed by atoms with Crippen molar-refractivity contribution >= 4 is 32.0 Å². The molecule has 1 aliphatic rings. The van der Waals surface area contributed by atoms with Gasteiger partial charge in [0.05, 0.1) is 42.4 Å². The van der Waals surface area contributed by atoms with Gasteiger partial charge in [0.2, 0.25) is 26.0 Å². The lowest BCUT2D eigenvalue weighted by Gasteiger charge is -2.19. The lowest BCUT2D eigenvalue weighted by Crippen LogP contribution is -2.38. The molecule has 0 saturated heterocycles. The van der Waals surface area contributed by atoms with Gasteiger partial charge in [-0.25, -0.2) is 26.4 Å². The molecule has 2 N–H and O–H groups in total. The van der Waals surface area contributed by atoms with Crippen molar-refractivity contribution in [2.75, 3.05) is 19.1 Å².